The summed E-state index contributed by atoms with van der Waals surface area (Å²) in [6, 6.07) is 0. The summed E-state index contributed by atoms with van der Waals surface area (Å²) in [4.78, 5) is 3.52. The minimum atomic E-state index is -0.351. The van der Waals surface area contributed by atoms with Gasteiger partial charge in [-0.2, -0.15) is 0 Å². The van der Waals surface area contributed by atoms with Crippen LogP contribution in [0.15, 0.2) is 18.7 Å². The van der Waals surface area contributed by atoms with Crippen molar-refractivity contribution < 1.29 is 0 Å². The Labute approximate surface area is 59.5 Å². The maximum Gasteiger partial charge on any atom is 0.114 e. The summed E-state index contributed by atoms with van der Waals surface area (Å²) in [6.45, 7) is 3.83. The van der Waals surface area contributed by atoms with Crippen molar-refractivity contribution in [1.29, 1.82) is 0 Å². The molecule has 1 heterocycles. The van der Waals surface area contributed by atoms with Crippen LogP contribution < -0.4 is 0 Å². The first-order valence-corrected chi connectivity index (χ1v) is 3.16. The van der Waals surface area contributed by atoms with E-state index in [2.05, 4.69) is 4.98 Å². The van der Waals surface area contributed by atoms with Crippen molar-refractivity contribution in [1.82, 2.24) is 9.55 Å². The molecule has 0 N–H and O–H groups in total. The lowest BCUT2D eigenvalue weighted by Gasteiger charge is -2.16. The first-order valence-electron chi connectivity index (χ1n) is 2.78. The van der Waals surface area contributed by atoms with Gasteiger partial charge in [-0.1, -0.05) is 11.6 Å². The van der Waals surface area contributed by atoms with Gasteiger partial charge in [0.15, 0.2) is 0 Å². The summed E-state index contributed by atoms with van der Waals surface area (Å²) in [5.41, 5.74) is 0. The number of hydrogen-bond donors (Lipinski definition) is 0. The molecule has 0 spiro atoms. The van der Waals surface area contributed by atoms with E-state index < -0.39 is 0 Å². The van der Waals surface area contributed by atoms with Crippen LogP contribution in [0.4, 0.5) is 0 Å². The van der Waals surface area contributed by atoms with E-state index in [-0.39, 0.29) is 5.00 Å². The molecule has 1 aromatic heterocycles. The van der Waals surface area contributed by atoms with Gasteiger partial charge >= 0.3 is 0 Å². The maximum atomic E-state index is 5.92. The molecule has 0 fully saturated rings. The molecule has 1 rings (SSSR count). The first kappa shape index (κ1) is 6.62. The van der Waals surface area contributed by atoms with Gasteiger partial charge in [-0.15, -0.1) is 0 Å². The topological polar surface area (TPSA) is 17.8 Å². The molecule has 50 valence electrons. The van der Waals surface area contributed by atoms with Gasteiger partial charge in [0.05, 0.1) is 6.33 Å². The van der Waals surface area contributed by atoms with Crippen molar-refractivity contribution in [3.05, 3.63) is 18.7 Å². The SMILES string of the molecule is CC(C)(Cl)n1ccnc1. The monoisotopic (exact) mass is 144 g/mol. The second-order valence-electron chi connectivity index (χ2n) is 2.38. The molecule has 0 radical (unpaired) electrons. The minimum Gasteiger partial charge on any atom is -0.318 e. The van der Waals surface area contributed by atoms with Crippen LogP contribution in [0.1, 0.15) is 13.8 Å². The third-order valence-electron chi connectivity index (χ3n) is 1.12. The Morgan fingerprint density at radius 3 is 2.44 bits per heavy atom. The van der Waals surface area contributed by atoms with Crippen molar-refractivity contribution in [2.24, 2.45) is 0 Å². The van der Waals surface area contributed by atoms with E-state index in [0.717, 1.165) is 0 Å². The van der Waals surface area contributed by atoms with Gasteiger partial charge in [0.2, 0.25) is 0 Å². The average molecular weight is 145 g/mol. The Balaban J connectivity index is 2.90. The van der Waals surface area contributed by atoms with E-state index in [1.807, 2.05) is 24.6 Å². The Bertz CT molecular complexity index is 173. The van der Waals surface area contributed by atoms with E-state index in [0.29, 0.717) is 0 Å². The fourth-order valence-electron chi connectivity index (χ4n) is 0.574. The summed E-state index contributed by atoms with van der Waals surface area (Å²) < 4.78 is 1.84. The van der Waals surface area contributed by atoms with Crippen LogP contribution in [0.25, 0.3) is 0 Å². The summed E-state index contributed by atoms with van der Waals surface area (Å²) >= 11 is 5.92. The van der Waals surface area contributed by atoms with Crippen molar-refractivity contribution >= 4 is 11.6 Å². The summed E-state index contributed by atoms with van der Waals surface area (Å²) in [7, 11) is 0. The molecule has 0 aliphatic heterocycles. The lowest BCUT2D eigenvalue weighted by Crippen LogP contribution is -2.16. The van der Waals surface area contributed by atoms with Crippen molar-refractivity contribution in [2.75, 3.05) is 0 Å². The van der Waals surface area contributed by atoms with Crippen LogP contribution in [0.5, 0.6) is 0 Å². The molecule has 0 aliphatic carbocycles. The van der Waals surface area contributed by atoms with Crippen LogP contribution in [-0.2, 0) is 5.00 Å². The van der Waals surface area contributed by atoms with Gasteiger partial charge < -0.3 is 4.57 Å². The molecule has 0 unspecified atom stereocenters. The van der Waals surface area contributed by atoms with Crippen LogP contribution >= 0.6 is 11.6 Å². The quantitative estimate of drug-likeness (QED) is 0.550. The number of hydrogen-bond acceptors (Lipinski definition) is 1. The highest BCUT2D eigenvalue weighted by atomic mass is 35.5. The molecule has 9 heavy (non-hydrogen) atoms. The smallest absolute Gasteiger partial charge is 0.114 e. The third kappa shape index (κ3) is 1.45. The Morgan fingerprint density at radius 2 is 2.22 bits per heavy atom. The van der Waals surface area contributed by atoms with Crippen LogP contribution in [0, 0.1) is 0 Å². The third-order valence-corrected chi connectivity index (χ3v) is 1.31. The van der Waals surface area contributed by atoms with Crippen molar-refractivity contribution in [3.63, 3.8) is 0 Å². The number of halogens is 1. The van der Waals surface area contributed by atoms with Gasteiger partial charge in [0.25, 0.3) is 0 Å². The number of alkyl halides is 1. The number of aromatic nitrogens is 2. The summed E-state index contributed by atoms with van der Waals surface area (Å²) in [5, 5.41) is 0. The molecule has 0 atom stereocenters. The molecule has 0 aliphatic rings. The highest BCUT2D eigenvalue weighted by Gasteiger charge is 2.13. The lowest BCUT2D eigenvalue weighted by atomic mass is 10.4. The number of imidazole rings is 1. The van der Waals surface area contributed by atoms with E-state index >= 15 is 0 Å². The zero-order chi connectivity index (χ0) is 6.91. The van der Waals surface area contributed by atoms with Crippen LogP contribution in [0.2, 0.25) is 0 Å². The minimum absolute atomic E-state index is 0.351. The Morgan fingerprint density at radius 1 is 1.56 bits per heavy atom. The fourth-order valence-corrected chi connectivity index (χ4v) is 0.674. The molecule has 2 nitrogen and oxygen atoms in total. The highest BCUT2D eigenvalue weighted by Crippen LogP contribution is 2.18. The van der Waals surface area contributed by atoms with E-state index in [1.54, 1.807) is 12.5 Å². The zero-order valence-electron chi connectivity index (χ0n) is 5.50. The lowest BCUT2D eigenvalue weighted by molar-refractivity contribution is 0.523. The molecule has 0 amide bonds. The predicted octanol–water partition coefficient (Wildman–Crippen LogP) is 1.81. The normalized spacial score (nSPS) is 11.9. The largest absolute Gasteiger partial charge is 0.318 e. The second kappa shape index (κ2) is 2.03. The molecule has 3 heteroatoms. The Hall–Kier alpha value is -0.500. The Kier molecular flexibility index (Phi) is 1.49. The van der Waals surface area contributed by atoms with Crippen LogP contribution in [0.3, 0.4) is 0 Å². The molecule has 0 saturated carbocycles. The van der Waals surface area contributed by atoms with Gasteiger partial charge in [-0.3, -0.25) is 0 Å². The molecule has 0 aromatic carbocycles. The predicted molar refractivity (Wildman–Crippen MR) is 37.4 cm³/mol. The molecule has 0 bridgehead atoms. The van der Waals surface area contributed by atoms with Gasteiger partial charge in [0.1, 0.15) is 5.00 Å². The number of nitrogens with zero attached hydrogens (tertiary/aromatic N) is 2. The summed E-state index contributed by atoms with van der Waals surface area (Å²) in [5.74, 6) is 0. The van der Waals surface area contributed by atoms with Gasteiger partial charge in [0, 0.05) is 12.4 Å². The molecule has 0 saturated heterocycles. The van der Waals surface area contributed by atoms with Crippen molar-refractivity contribution in [3.8, 4) is 0 Å². The molecular formula is C6H9ClN2. The van der Waals surface area contributed by atoms with Crippen molar-refractivity contribution in [2.45, 2.75) is 18.8 Å². The zero-order valence-corrected chi connectivity index (χ0v) is 6.26. The summed E-state index contributed by atoms with van der Waals surface area (Å²) in [6.07, 6.45) is 5.25. The van der Waals surface area contributed by atoms with Gasteiger partial charge in [-0.25, -0.2) is 4.98 Å². The molecule has 1 aromatic rings. The van der Waals surface area contributed by atoms with Gasteiger partial charge in [-0.05, 0) is 13.8 Å². The maximum absolute atomic E-state index is 5.92. The average Bonchev–Trinajstić information content (AvgIpc) is 2.08. The fraction of sp³-hybridized carbons (Fsp3) is 0.500. The first-order chi connectivity index (χ1) is 4.11. The van der Waals surface area contributed by atoms with E-state index in [4.69, 9.17) is 11.6 Å². The van der Waals surface area contributed by atoms with E-state index in [1.165, 1.54) is 0 Å². The second-order valence-corrected chi connectivity index (χ2v) is 3.30. The number of rotatable bonds is 1. The molecular weight excluding hydrogens is 136 g/mol. The highest BCUT2D eigenvalue weighted by molar-refractivity contribution is 6.21. The standard InChI is InChI=1S/C6H9ClN2/c1-6(2,7)9-4-3-8-5-9/h3-5H,1-2H3. The van der Waals surface area contributed by atoms with E-state index in [9.17, 15) is 0 Å². The van der Waals surface area contributed by atoms with Crippen LogP contribution in [-0.4, -0.2) is 9.55 Å².